The molecule has 0 aliphatic carbocycles. The second-order valence-electron chi connectivity index (χ2n) is 7.19. The largest absolute Gasteiger partial charge is 0.573 e. The fourth-order valence-corrected chi connectivity index (χ4v) is 2.77. The molecule has 0 radical (unpaired) electrons. The molecule has 0 atom stereocenters. The van der Waals surface area contributed by atoms with E-state index in [1.165, 1.54) is 24.3 Å². The smallest absolute Gasteiger partial charge is 0.406 e. The second-order valence-corrected chi connectivity index (χ2v) is 7.19. The molecule has 0 saturated heterocycles. The van der Waals surface area contributed by atoms with Crippen molar-refractivity contribution in [1.82, 2.24) is 15.0 Å². The van der Waals surface area contributed by atoms with Crippen molar-refractivity contribution in [1.29, 1.82) is 0 Å². The standard InChI is InChI=1S/C22H21F6N7O3/c1-2-36-12-11-29-18-32-19(31-15-5-9-17(10-6-15)38-22(26,27)28)34-20(33-18)35-30-13-14-3-7-16(8-4-14)37-21(23,24)25/h3-10H,2,11-13H2,1H3,(H2,29,31,32,33,34). The van der Waals surface area contributed by atoms with Crippen molar-refractivity contribution in [2.45, 2.75) is 26.2 Å². The first kappa shape index (κ1) is 28.4. The quantitative estimate of drug-likeness (QED) is 0.158. The summed E-state index contributed by atoms with van der Waals surface area (Å²) in [4.78, 5) is 12.4. The predicted molar refractivity (Wildman–Crippen MR) is 123 cm³/mol. The summed E-state index contributed by atoms with van der Waals surface area (Å²) in [6.07, 6.45) is -9.61. The summed E-state index contributed by atoms with van der Waals surface area (Å²) in [5, 5.41) is 13.7. The Hall–Kier alpha value is -4.21. The number of hydrogen-bond acceptors (Lipinski definition) is 10. The van der Waals surface area contributed by atoms with E-state index < -0.39 is 18.5 Å². The number of azo groups is 1. The fourth-order valence-electron chi connectivity index (χ4n) is 2.77. The van der Waals surface area contributed by atoms with E-state index in [4.69, 9.17) is 4.74 Å². The van der Waals surface area contributed by atoms with Crippen LogP contribution in [0.4, 0.5) is 49.9 Å². The summed E-state index contributed by atoms with van der Waals surface area (Å²) in [6, 6.07) is 9.98. The molecular weight excluding hydrogens is 524 g/mol. The molecule has 0 aliphatic rings. The van der Waals surface area contributed by atoms with Crippen molar-refractivity contribution in [3.8, 4) is 11.5 Å². The van der Waals surface area contributed by atoms with Gasteiger partial charge in [-0.15, -0.1) is 31.5 Å². The fraction of sp³-hybridized carbons (Fsp3) is 0.318. The summed E-state index contributed by atoms with van der Waals surface area (Å²) in [6.45, 7) is 3.10. The minimum atomic E-state index is -4.82. The van der Waals surface area contributed by atoms with E-state index in [2.05, 4.69) is 45.3 Å². The Labute approximate surface area is 212 Å². The van der Waals surface area contributed by atoms with Gasteiger partial charge >= 0.3 is 12.7 Å². The van der Waals surface area contributed by atoms with Crippen LogP contribution in [0.25, 0.3) is 0 Å². The molecule has 0 aliphatic heterocycles. The van der Waals surface area contributed by atoms with E-state index in [0.717, 1.165) is 24.3 Å². The average Bonchev–Trinajstić information content (AvgIpc) is 2.82. The summed E-state index contributed by atoms with van der Waals surface area (Å²) in [5.41, 5.74) is 0.905. The third kappa shape index (κ3) is 10.4. The highest BCUT2D eigenvalue weighted by molar-refractivity contribution is 5.56. The van der Waals surface area contributed by atoms with Crippen molar-refractivity contribution in [2.75, 3.05) is 30.4 Å². The van der Waals surface area contributed by atoms with Gasteiger partial charge in [0.2, 0.25) is 11.9 Å². The van der Waals surface area contributed by atoms with E-state index in [-0.39, 0.29) is 30.1 Å². The van der Waals surface area contributed by atoms with Gasteiger partial charge in [0, 0.05) is 18.8 Å². The molecule has 1 aromatic heterocycles. The number of aromatic nitrogens is 3. The molecule has 204 valence electrons. The Balaban J connectivity index is 1.71. The maximum absolute atomic E-state index is 12.4. The Kier molecular flexibility index (Phi) is 9.59. The highest BCUT2D eigenvalue weighted by atomic mass is 19.4. The molecule has 0 saturated carbocycles. The monoisotopic (exact) mass is 545 g/mol. The molecule has 0 unspecified atom stereocenters. The van der Waals surface area contributed by atoms with E-state index in [1.54, 1.807) is 0 Å². The lowest BCUT2D eigenvalue weighted by atomic mass is 10.2. The maximum atomic E-state index is 12.4. The number of nitrogens with one attached hydrogen (secondary N) is 2. The number of ether oxygens (including phenoxy) is 3. The SMILES string of the molecule is CCOCCNc1nc(N=NCc2ccc(OC(F)(F)F)cc2)nc(Nc2ccc(OC(F)(F)F)cc2)n1. The Morgan fingerprint density at radius 1 is 0.789 bits per heavy atom. The summed E-state index contributed by atoms with van der Waals surface area (Å²) >= 11 is 0. The van der Waals surface area contributed by atoms with Gasteiger partial charge in [-0.3, -0.25) is 0 Å². The van der Waals surface area contributed by atoms with Crippen LogP contribution in [0.1, 0.15) is 12.5 Å². The molecule has 10 nitrogen and oxygen atoms in total. The topological polar surface area (TPSA) is 115 Å². The van der Waals surface area contributed by atoms with Gasteiger partial charge < -0.3 is 24.8 Å². The Morgan fingerprint density at radius 3 is 1.95 bits per heavy atom. The van der Waals surface area contributed by atoms with Gasteiger partial charge in [-0.2, -0.15) is 20.1 Å². The summed E-state index contributed by atoms with van der Waals surface area (Å²) in [5.74, 6) is -0.722. The molecule has 0 amide bonds. The van der Waals surface area contributed by atoms with Crippen molar-refractivity contribution >= 4 is 23.5 Å². The van der Waals surface area contributed by atoms with Crippen molar-refractivity contribution < 1.29 is 40.6 Å². The van der Waals surface area contributed by atoms with E-state index >= 15 is 0 Å². The molecule has 1 heterocycles. The van der Waals surface area contributed by atoms with Gasteiger partial charge in [-0.05, 0) is 48.9 Å². The van der Waals surface area contributed by atoms with Crippen LogP contribution in [0.2, 0.25) is 0 Å². The van der Waals surface area contributed by atoms with Crippen molar-refractivity contribution in [3.63, 3.8) is 0 Å². The number of anilines is 3. The summed E-state index contributed by atoms with van der Waals surface area (Å²) < 4.78 is 86.9. The van der Waals surface area contributed by atoms with Crippen LogP contribution < -0.4 is 20.1 Å². The number of nitrogens with zero attached hydrogens (tertiary/aromatic N) is 5. The zero-order valence-electron chi connectivity index (χ0n) is 19.7. The predicted octanol–water partition coefficient (Wildman–Crippen LogP) is 6.14. The van der Waals surface area contributed by atoms with Gasteiger partial charge in [0.1, 0.15) is 11.5 Å². The average molecular weight is 545 g/mol. The molecule has 3 rings (SSSR count). The Morgan fingerprint density at radius 2 is 1.37 bits per heavy atom. The highest BCUT2D eigenvalue weighted by Gasteiger charge is 2.31. The van der Waals surface area contributed by atoms with Crippen LogP contribution in [0.15, 0.2) is 58.8 Å². The molecule has 0 spiro atoms. The van der Waals surface area contributed by atoms with Gasteiger partial charge in [0.05, 0.1) is 13.2 Å². The maximum Gasteiger partial charge on any atom is 0.573 e. The lowest BCUT2D eigenvalue weighted by Gasteiger charge is -2.11. The minimum Gasteiger partial charge on any atom is -0.406 e. The van der Waals surface area contributed by atoms with Gasteiger partial charge in [0.15, 0.2) is 0 Å². The van der Waals surface area contributed by atoms with E-state index in [9.17, 15) is 26.3 Å². The zero-order valence-corrected chi connectivity index (χ0v) is 19.7. The van der Waals surface area contributed by atoms with Crippen LogP contribution in [0, 0.1) is 0 Å². The van der Waals surface area contributed by atoms with Gasteiger partial charge in [-0.1, -0.05) is 12.1 Å². The minimum absolute atomic E-state index is 0.00844. The van der Waals surface area contributed by atoms with Gasteiger partial charge in [0.25, 0.3) is 5.95 Å². The second kappa shape index (κ2) is 12.8. The molecule has 38 heavy (non-hydrogen) atoms. The lowest BCUT2D eigenvalue weighted by Crippen LogP contribution is -2.17. The first-order valence-electron chi connectivity index (χ1n) is 10.9. The third-order valence-electron chi connectivity index (χ3n) is 4.27. The van der Waals surface area contributed by atoms with Crippen LogP contribution in [-0.4, -0.2) is 47.4 Å². The molecule has 3 aromatic rings. The molecular formula is C22H21F6N7O3. The number of alkyl halides is 6. The van der Waals surface area contributed by atoms with Gasteiger partial charge in [-0.25, -0.2) is 0 Å². The number of benzene rings is 2. The van der Waals surface area contributed by atoms with E-state index in [1.807, 2.05) is 6.92 Å². The first-order chi connectivity index (χ1) is 18.0. The highest BCUT2D eigenvalue weighted by Crippen LogP contribution is 2.26. The Bertz CT molecular complexity index is 1190. The molecule has 0 bridgehead atoms. The van der Waals surface area contributed by atoms with Crippen LogP contribution >= 0.6 is 0 Å². The van der Waals surface area contributed by atoms with Crippen LogP contribution in [0.5, 0.6) is 11.5 Å². The number of rotatable bonds is 12. The normalized spacial score (nSPS) is 12.0. The van der Waals surface area contributed by atoms with Crippen molar-refractivity contribution in [3.05, 3.63) is 54.1 Å². The summed E-state index contributed by atoms with van der Waals surface area (Å²) in [7, 11) is 0. The molecule has 2 N–H and O–H groups in total. The molecule has 0 fully saturated rings. The molecule has 2 aromatic carbocycles. The third-order valence-corrected chi connectivity index (χ3v) is 4.27. The number of halogens is 6. The first-order valence-corrected chi connectivity index (χ1v) is 10.9. The molecule has 16 heteroatoms. The zero-order chi connectivity index (χ0) is 27.6. The van der Waals surface area contributed by atoms with Crippen molar-refractivity contribution in [2.24, 2.45) is 10.2 Å². The number of hydrogen-bond donors (Lipinski definition) is 2. The van der Waals surface area contributed by atoms with Crippen LogP contribution in [-0.2, 0) is 11.3 Å². The van der Waals surface area contributed by atoms with Crippen LogP contribution in [0.3, 0.4) is 0 Å². The lowest BCUT2D eigenvalue weighted by molar-refractivity contribution is -0.275. The van der Waals surface area contributed by atoms with E-state index in [0.29, 0.717) is 31.0 Å².